The fourth-order valence-electron chi connectivity index (χ4n) is 2.14. The second-order valence-corrected chi connectivity index (χ2v) is 5.20. The summed E-state index contributed by atoms with van der Waals surface area (Å²) in [5.41, 5.74) is -1.27. The average molecular weight is 337 g/mol. The molecule has 0 bridgehead atoms. The van der Waals surface area contributed by atoms with E-state index in [1.807, 2.05) is 0 Å². The normalized spacial score (nSPS) is 19.1. The van der Waals surface area contributed by atoms with Gasteiger partial charge in [-0.1, -0.05) is 11.6 Å². The standard InChI is InChI=1S/C13H12ClF3N2O3/c14-9-2-1-7(13(15,16)17)5-8(9)11(20)19-4-3-18-10(6-19)12(21)22/h1-2,5,10,18H,3-4,6H2,(H,21,22)/t10-/m0/s1. The summed E-state index contributed by atoms with van der Waals surface area (Å²) in [5.74, 6) is -1.85. The summed E-state index contributed by atoms with van der Waals surface area (Å²) in [6.45, 7) is 0.287. The Morgan fingerprint density at radius 3 is 2.64 bits per heavy atom. The van der Waals surface area contributed by atoms with Crippen molar-refractivity contribution in [3.63, 3.8) is 0 Å². The second kappa shape index (κ2) is 6.13. The van der Waals surface area contributed by atoms with Gasteiger partial charge in [0.05, 0.1) is 16.1 Å². The molecule has 2 rings (SSSR count). The summed E-state index contributed by atoms with van der Waals surface area (Å²) in [5, 5.41) is 11.5. The van der Waals surface area contributed by atoms with E-state index in [2.05, 4.69) is 5.32 Å². The number of alkyl halides is 3. The van der Waals surface area contributed by atoms with E-state index in [1.165, 1.54) is 4.90 Å². The molecular formula is C13H12ClF3N2O3. The van der Waals surface area contributed by atoms with Crippen LogP contribution in [0.3, 0.4) is 0 Å². The minimum absolute atomic E-state index is 0.108. The van der Waals surface area contributed by atoms with Crippen LogP contribution in [0, 0.1) is 0 Å². The highest BCUT2D eigenvalue weighted by Crippen LogP contribution is 2.32. The van der Waals surface area contributed by atoms with E-state index in [0.29, 0.717) is 6.07 Å². The van der Waals surface area contributed by atoms with Crippen molar-refractivity contribution in [1.29, 1.82) is 0 Å². The third-order valence-electron chi connectivity index (χ3n) is 3.28. The lowest BCUT2D eigenvalue weighted by Gasteiger charge is -2.32. The number of nitrogens with zero attached hydrogens (tertiary/aromatic N) is 1. The highest BCUT2D eigenvalue weighted by Gasteiger charge is 2.33. The molecule has 1 heterocycles. The van der Waals surface area contributed by atoms with E-state index in [-0.39, 0.29) is 30.2 Å². The van der Waals surface area contributed by atoms with Crippen molar-refractivity contribution in [2.75, 3.05) is 19.6 Å². The summed E-state index contributed by atoms with van der Waals surface area (Å²) < 4.78 is 38.2. The molecule has 1 aliphatic heterocycles. The molecule has 0 aliphatic carbocycles. The zero-order valence-corrected chi connectivity index (χ0v) is 11.9. The van der Waals surface area contributed by atoms with Gasteiger partial charge in [-0.25, -0.2) is 0 Å². The number of piperazine rings is 1. The Labute approximate surface area is 128 Å². The van der Waals surface area contributed by atoms with E-state index in [1.54, 1.807) is 0 Å². The topological polar surface area (TPSA) is 69.6 Å². The third-order valence-corrected chi connectivity index (χ3v) is 3.61. The number of carbonyl (C=O) groups excluding carboxylic acids is 1. The van der Waals surface area contributed by atoms with E-state index in [4.69, 9.17) is 16.7 Å². The van der Waals surface area contributed by atoms with Crippen molar-refractivity contribution in [3.05, 3.63) is 34.3 Å². The molecule has 22 heavy (non-hydrogen) atoms. The van der Waals surface area contributed by atoms with Crippen LogP contribution >= 0.6 is 11.6 Å². The van der Waals surface area contributed by atoms with Gasteiger partial charge in [-0.2, -0.15) is 13.2 Å². The van der Waals surface area contributed by atoms with Crippen molar-refractivity contribution in [3.8, 4) is 0 Å². The van der Waals surface area contributed by atoms with E-state index in [9.17, 15) is 22.8 Å². The van der Waals surface area contributed by atoms with Crippen LogP contribution in [0.4, 0.5) is 13.2 Å². The molecule has 1 aliphatic rings. The lowest BCUT2D eigenvalue weighted by Crippen LogP contribution is -2.55. The Bertz CT molecular complexity index is 607. The van der Waals surface area contributed by atoms with Gasteiger partial charge in [-0.15, -0.1) is 0 Å². The summed E-state index contributed by atoms with van der Waals surface area (Å²) >= 11 is 5.81. The molecule has 120 valence electrons. The molecule has 1 aromatic rings. The van der Waals surface area contributed by atoms with Crippen LogP contribution in [0.15, 0.2) is 18.2 Å². The number of carboxylic acid groups (broad SMARTS) is 1. The van der Waals surface area contributed by atoms with Gasteiger partial charge >= 0.3 is 12.1 Å². The monoisotopic (exact) mass is 336 g/mol. The minimum atomic E-state index is -4.59. The molecular weight excluding hydrogens is 325 g/mol. The van der Waals surface area contributed by atoms with E-state index < -0.39 is 29.7 Å². The molecule has 0 radical (unpaired) electrons. The maximum Gasteiger partial charge on any atom is 0.416 e. The summed E-state index contributed by atoms with van der Waals surface area (Å²) in [7, 11) is 0. The fourth-order valence-corrected chi connectivity index (χ4v) is 2.33. The number of rotatable bonds is 2. The Balaban J connectivity index is 2.27. The first-order valence-electron chi connectivity index (χ1n) is 6.32. The second-order valence-electron chi connectivity index (χ2n) is 4.79. The van der Waals surface area contributed by atoms with E-state index >= 15 is 0 Å². The Hall–Kier alpha value is -1.80. The molecule has 9 heteroatoms. The van der Waals surface area contributed by atoms with Crippen molar-refractivity contribution in [1.82, 2.24) is 10.2 Å². The first-order chi connectivity index (χ1) is 10.2. The van der Waals surface area contributed by atoms with Gasteiger partial charge in [-0.05, 0) is 18.2 Å². The number of hydrogen-bond donors (Lipinski definition) is 2. The number of carbonyl (C=O) groups is 2. The van der Waals surface area contributed by atoms with Gasteiger partial charge in [0, 0.05) is 19.6 Å². The Kier molecular flexibility index (Phi) is 4.62. The maximum absolute atomic E-state index is 12.7. The smallest absolute Gasteiger partial charge is 0.416 e. The average Bonchev–Trinajstić information content (AvgIpc) is 2.46. The minimum Gasteiger partial charge on any atom is -0.480 e. The maximum atomic E-state index is 12.7. The number of amides is 1. The molecule has 0 spiro atoms. The number of carboxylic acids is 1. The molecule has 1 atom stereocenters. The van der Waals surface area contributed by atoms with Crippen LogP contribution in [0.1, 0.15) is 15.9 Å². The molecule has 0 unspecified atom stereocenters. The van der Waals surface area contributed by atoms with Crippen LogP contribution in [0.2, 0.25) is 5.02 Å². The van der Waals surface area contributed by atoms with Crippen LogP contribution in [0.5, 0.6) is 0 Å². The van der Waals surface area contributed by atoms with Gasteiger partial charge in [0.2, 0.25) is 0 Å². The Morgan fingerprint density at radius 1 is 1.36 bits per heavy atom. The van der Waals surface area contributed by atoms with Gasteiger partial charge < -0.3 is 15.3 Å². The Morgan fingerprint density at radius 2 is 2.05 bits per heavy atom. The zero-order chi connectivity index (χ0) is 16.5. The predicted octanol–water partition coefficient (Wildman–Crippen LogP) is 1.86. The van der Waals surface area contributed by atoms with Crippen LogP contribution < -0.4 is 5.32 Å². The largest absolute Gasteiger partial charge is 0.480 e. The lowest BCUT2D eigenvalue weighted by molar-refractivity contribution is -0.140. The molecule has 0 saturated carbocycles. The van der Waals surface area contributed by atoms with Gasteiger partial charge in [0.15, 0.2) is 0 Å². The number of nitrogens with one attached hydrogen (secondary N) is 1. The molecule has 1 saturated heterocycles. The van der Waals surface area contributed by atoms with Crippen molar-refractivity contribution >= 4 is 23.5 Å². The quantitative estimate of drug-likeness (QED) is 0.865. The third kappa shape index (κ3) is 3.50. The highest BCUT2D eigenvalue weighted by atomic mass is 35.5. The summed E-state index contributed by atoms with van der Waals surface area (Å²) in [4.78, 5) is 24.4. The highest BCUT2D eigenvalue weighted by molar-refractivity contribution is 6.33. The van der Waals surface area contributed by atoms with Gasteiger partial charge in [0.1, 0.15) is 6.04 Å². The summed E-state index contributed by atoms with van der Waals surface area (Å²) in [6, 6.07) is 1.52. The first kappa shape index (κ1) is 16.6. The molecule has 1 aromatic carbocycles. The lowest BCUT2D eigenvalue weighted by atomic mass is 10.1. The summed E-state index contributed by atoms with van der Waals surface area (Å²) in [6.07, 6.45) is -4.59. The van der Waals surface area contributed by atoms with Crippen molar-refractivity contribution < 1.29 is 27.9 Å². The molecule has 5 nitrogen and oxygen atoms in total. The van der Waals surface area contributed by atoms with Crippen molar-refractivity contribution in [2.24, 2.45) is 0 Å². The fraction of sp³-hybridized carbons (Fsp3) is 0.385. The molecule has 1 fully saturated rings. The van der Waals surface area contributed by atoms with E-state index in [0.717, 1.165) is 12.1 Å². The van der Waals surface area contributed by atoms with Crippen LogP contribution in [-0.2, 0) is 11.0 Å². The van der Waals surface area contributed by atoms with Crippen molar-refractivity contribution in [2.45, 2.75) is 12.2 Å². The molecule has 0 aromatic heterocycles. The van der Waals surface area contributed by atoms with Gasteiger partial charge in [-0.3, -0.25) is 9.59 Å². The number of hydrogen-bond acceptors (Lipinski definition) is 3. The predicted molar refractivity (Wildman–Crippen MR) is 71.8 cm³/mol. The molecule has 2 N–H and O–H groups in total. The van der Waals surface area contributed by atoms with Gasteiger partial charge in [0.25, 0.3) is 5.91 Å². The number of halogens is 4. The SMILES string of the molecule is O=C(O)[C@@H]1CN(C(=O)c2cc(C(F)(F)F)ccc2Cl)CCN1. The number of benzene rings is 1. The number of aliphatic carboxylic acids is 1. The zero-order valence-electron chi connectivity index (χ0n) is 11.2. The van der Waals surface area contributed by atoms with Crippen LogP contribution in [-0.4, -0.2) is 47.6 Å². The van der Waals surface area contributed by atoms with Crippen LogP contribution in [0.25, 0.3) is 0 Å². The molecule has 1 amide bonds. The first-order valence-corrected chi connectivity index (χ1v) is 6.70.